The molecule has 0 aromatic carbocycles. The molecular weight excluding hydrogens is 214 g/mol. The van der Waals surface area contributed by atoms with Crippen molar-refractivity contribution in [2.24, 2.45) is 0 Å². The Bertz CT molecular complexity index is 498. The molecule has 0 unspecified atom stereocenters. The van der Waals surface area contributed by atoms with E-state index in [-0.39, 0.29) is 11.6 Å². The molecule has 1 saturated heterocycles. The van der Waals surface area contributed by atoms with E-state index in [0.29, 0.717) is 13.0 Å². The summed E-state index contributed by atoms with van der Waals surface area (Å²) in [5.41, 5.74) is -1.23. The fourth-order valence-electron chi connectivity index (χ4n) is 1.50. The van der Waals surface area contributed by atoms with Gasteiger partial charge in [0.25, 0.3) is 11.5 Å². The predicted molar refractivity (Wildman–Crippen MR) is 55.3 cm³/mol. The van der Waals surface area contributed by atoms with Crippen LogP contribution in [0.1, 0.15) is 12.8 Å². The van der Waals surface area contributed by atoms with Crippen LogP contribution in [0.3, 0.4) is 0 Å². The van der Waals surface area contributed by atoms with Crippen LogP contribution in [-0.4, -0.2) is 28.6 Å². The third-order valence-electron chi connectivity index (χ3n) is 2.30. The third-order valence-corrected chi connectivity index (χ3v) is 2.30. The quantitative estimate of drug-likeness (QED) is 0.611. The Morgan fingerprint density at radius 1 is 1.50 bits per heavy atom. The van der Waals surface area contributed by atoms with E-state index >= 15 is 0 Å². The van der Waals surface area contributed by atoms with Crippen LogP contribution in [0.15, 0.2) is 15.8 Å². The molecule has 1 fully saturated rings. The smallest absolute Gasteiger partial charge is 0.325 e. The Labute approximate surface area is 89.8 Å². The minimum Gasteiger partial charge on any atom is -0.368 e. The number of aromatic nitrogens is 2. The molecule has 1 aliphatic rings. The van der Waals surface area contributed by atoms with Crippen molar-refractivity contribution in [2.45, 2.75) is 18.9 Å². The van der Waals surface area contributed by atoms with Gasteiger partial charge < -0.3 is 15.0 Å². The summed E-state index contributed by atoms with van der Waals surface area (Å²) in [5, 5.41) is 2.40. The van der Waals surface area contributed by atoms with Crippen molar-refractivity contribution in [1.82, 2.24) is 9.97 Å². The molecule has 0 bridgehead atoms. The Morgan fingerprint density at radius 3 is 2.94 bits per heavy atom. The van der Waals surface area contributed by atoms with Crippen LogP contribution in [0.2, 0.25) is 0 Å². The van der Waals surface area contributed by atoms with Crippen LogP contribution < -0.4 is 16.6 Å². The van der Waals surface area contributed by atoms with Crippen molar-refractivity contribution in [2.75, 3.05) is 11.9 Å². The van der Waals surface area contributed by atoms with Crippen LogP contribution in [0, 0.1) is 0 Å². The molecule has 16 heavy (non-hydrogen) atoms. The van der Waals surface area contributed by atoms with Crippen molar-refractivity contribution in [1.29, 1.82) is 0 Å². The van der Waals surface area contributed by atoms with Crippen LogP contribution in [0.25, 0.3) is 0 Å². The van der Waals surface area contributed by atoms with E-state index < -0.39 is 17.4 Å². The summed E-state index contributed by atoms with van der Waals surface area (Å²) in [6.45, 7) is 0.556. The maximum atomic E-state index is 11.6. The zero-order chi connectivity index (χ0) is 11.5. The van der Waals surface area contributed by atoms with E-state index in [1.807, 2.05) is 4.98 Å². The molecule has 2 rings (SSSR count). The van der Waals surface area contributed by atoms with E-state index in [2.05, 4.69) is 10.3 Å². The lowest BCUT2D eigenvalue weighted by Gasteiger charge is -2.08. The third kappa shape index (κ3) is 2.19. The molecule has 2 heterocycles. The molecule has 1 atom stereocenters. The van der Waals surface area contributed by atoms with Crippen molar-refractivity contribution in [3.8, 4) is 0 Å². The van der Waals surface area contributed by atoms with Crippen LogP contribution in [0.4, 0.5) is 5.69 Å². The minimum absolute atomic E-state index is 0.0140. The number of anilines is 1. The molecule has 1 aliphatic heterocycles. The molecule has 7 heteroatoms. The molecule has 0 spiro atoms. The Hall–Kier alpha value is -1.89. The lowest BCUT2D eigenvalue weighted by molar-refractivity contribution is -0.124. The second-order valence-corrected chi connectivity index (χ2v) is 3.48. The highest BCUT2D eigenvalue weighted by molar-refractivity contribution is 5.93. The lowest BCUT2D eigenvalue weighted by atomic mass is 10.2. The van der Waals surface area contributed by atoms with E-state index in [1.54, 1.807) is 0 Å². The van der Waals surface area contributed by atoms with Crippen LogP contribution >= 0.6 is 0 Å². The molecule has 1 aromatic rings. The van der Waals surface area contributed by atoms with Gasteiger partial charge in [-0.1, -0.05) is 0 Å². The first-order chi connectivity index (χ1) is 7.66. The van der Waals surface area contributed by atoms with Gasteiger partial charge in [-0.25, -0.2) is 4.79 Å². The first-order valence-electron chi connectivity index (χ1n) is 4.91. The number of hydrogen-bond acceptors (Lipinski definition) is 4. The normalized spacial score (nSPS) is 19.6. The highest BCUT2D eigenvalue weighted by Gasteiger charge is 2.24. The molecule has 1 aromatic heterocycles. The topological polar surface area (TPSA) is 104 Å². The Balaban J connectivity index is 2.11. The summed E-state index contributed by atoms with van der Waals surface area (Å²) in [7, 11) is 0. The van der Waals surface area contributed by atoms with Crippen molar-refractivity contribution < 1.29 is 9.53 Å². The summed E-state index contributed by atoms with van der Waals surface area (Å²) in [6.07, 6.45) is 2.13. The minimum atomic E-state index is -0.630. The van der Waals surface area contributed by atoms with Gasteiger partial charge in [0, 0.05) is 12.8 Å². The van der Waals surface area contributed by atoms with Crippen molar-refractivity contribution >= 4 is 11.6 Å². The van der Waals surface area contributed by atoms with Gasteiger partial charge in [-0.15, -0.1) is 0 Å². The summed E-state index contributed by atoms with van der Waals surface area (Å²) in [6, 6.07) is 0. The van der Waals surface area contributed by atoms with E-state index in [9.17, 15) is 14.4 Å². The van der Waals surface area contributed by atoms with Gasteiger partial charge in [-0.2, -0.15) is 0 Å². The second kappa shape index (κ2) is 4.31. The van der Waals surface area contributed by atoms with Gasteiger partial charge in [0.05, 0.1) is 0 Å². The number of aromatic amines is 2. The lowest BCUT2D eigenvalue weighted by Crippen LogP contribution is -2.32. The van der Waals surface area contributed by atoms with Gasteiger partial charge in [0.2, 0.25) is 0 Å². The van der Waals surface area contributed by atoms with Gasteiger partial charge >= 0.3 is 5.69 Å². The van der Waals surface area contributed by atoms with Crippen LogP contribution in [0.5, 0.6) is 0 Å². The molecule has 7 nitrogen and oxygen atoms in total. The molecule has 0 radical (unpaired) electrons. The average molecular weight is 225 g/mol. The summed E-state index contributed by atoms with van der Waals surface area (Å²) < 4.78 is 5.15. The highest BCUT2D eigenvalue weighted by atomic mass is 16.5. The molecule has 0 aliphatic carbocycles. The van der Waals surface area contributed by atoms with Crippen LogP contribution in [-0.2, 0) is 9.53 Å². The highest BCUT2D eigenvalue weighted by Crippen LogP contribution is 2.13. The van der Waals surface area contributed by atoms with E-state index in [0.717, 1.165) is 12.6 Å². The first kappa shape index (κ1) is 10.6. The van der Waals surface area contributed by atoms with Gasteiger partial charge in [0.15, 0.2) is 0 Å². The predicted octanol–water partition coefficient (Wildman–Crippen LogP) is -0.819. The molecule has 86 valence electrons. The second-order valence-electron chi connectivity index (χ2n) is 3.48. The number of carbonyl (C=O) groups excluding carboxylic acids is 1. The van der Waals surface area contributed by atoms with Crippen molar-refractivity contribution in [3.05, 3.63) is 27.0 Å². The zero-order valence-corrected chi connectivity index (χ0v) is 8.41. The largest absolute Gasteiger partial charge is 0.368 e. The molecule has 1 amide bonds. The first-order valence-corrected chi connectivity index (χ1v) is 4.91. The Morgan fingerprint density at radius 2 is 2.31 bits per heavy atom. The SMILES string of the molecule is O=C(Nc1c[nH]c(=O)[nH]c1=O)[C@H]1CCCO1. The fourth-order valence-corrected chi connectivity index (χ4v) is 1.50. The molecule has 3 N–H and O–H groups in total. The zero-order valence-electron chi connectivity index (χ0n) is 8.41. The number of ether oxygens (including phenoxy) is 1. The fraction of sp³-hybridized carbons (Fsp3) is 0.444. The standard InChI is InChI=1S/C9H11N3O4/c13-7-5(4-10-9(15)12-7)11-8(14)6-2-1-3-16-6/h4,6H,1-3H2,(H,11,14)(H2,10,12,13,15)/t6-/m1/s1. The number of rotatable bonds is 2. The number of H-pyrrole nitrogens is 2. The van der Waals surface area contributed by atoms with Gasteiger partial charge in [-0.3, -0.25) is 14.6 Å². The number of hydrogen-bond donors (Lipinski definition) is 3. The summed E-state index contributed by atoms with van der Waals surface area (Å²) in [4.78, 5) is 37.8. The number of amides is 1. The number of nitrogens with one attached hydrogen (secondary N) is 3. The van der Waals surface area contributed by atoms with Gasteiger partial charge in [-0.05, 0) is 12.8 Å². The monoisotopic (exact) mass is 225 g/mol. The number of carbonyl (C=O) groups is 1. The molecule has 0 saturated carbocycles. The van der Waals surface area contributed by atoms with E-state index in [1.165, 1.54) is 0 Å². The van der Waals surface area contributed by atoms with Gasteiger partial charge in [0.1, 0.15) is 11.8 Å². The van der Waals surface area contributed by atoms with E-state index in [4.69, 9.17) is 4.74 Å². The maximum Gasteiger partial charge on any atom is 0.325 e. The summed E-state index contributed by atoms with van der Waals surface area (Å²) >= 11 is 0. The van der Waals surface area contributed by atoms with Crippen molar-refractivity contribution in [3.63, 3.8) is 0 Å². The molecular formula is C9H11N3O4. The Kier molecular flexibility index (Phi) is 2.86. The average Bonchev–Trinajstić information content (AvgIpc) is 2.75. The maximum absolute atomic E-state index is 11.6. The summed E-state index contributed by atoms with van der Waals surface area (Å²) in [5.74, 6) is -0.366.